The molecule has 0 aliphatic heterocycles. The molecule has 0 fully saturated rings. The molecular weight excluding hydrogens is 172 g/mol. The standard InChI is InChI=1S/C12H12N2/c1-9(8-13)10-6-7-14-12-5-3-2-4-11(10)12/h2-7H,1,8,13H2. The predicted octanol–water partition coefficient (Wildman–Crippen LogP) is 2.21. The Bertz CT molecular complexity index is 469. The maximum Gasteiger partial charge on any atom is 0.0708 e. The van der Waals surface area contributed by atoms with Crippen LogP contribution in [0.1, 0.15) is 5.56 Å². The second-order valence-corrected chi connectivity index (χ2v) is 3.18. The lowest BCUT2D eigenvalue weighted by Crippen LogP contribution is -2.01. The topological polar surface area (TPSA) is 38.9 Å². The van der Waals surface area contributed by atoms with Crippen molar-refractivity contribution in [3.05, 3.63) is 48.7 Å². The maximum absolute atomic E-state index is 5.58. The van der Waals surface area contributed by atoms with Gasteiger partial charge < -0.3 is 5.73 Å². The van der Waals surface area contributed by atoms with Crippen molar-refractivity contribution in [2.75, 3.05) is 6.54 Å². The van der Waals surface area contributed by atoms with Gasteiger partial charge in [-0.15, -0.1) is 0 Å². The summed E-state index contributed by atoms with van der Waals surface area (Å²) >= 11 is 0. The third kappa shape index (κ3) is 1.40. The molecule has 0 saturated carbocycles. The smallest absolute Gasteiger partial charge is 0.0708 e. The van der Waals surface area contributed by atoms with Gasteiger partial charge in [0, 0.05) is 18.1 Å². The summed E-state index contributed by atoms with van der Waals surface area (Å²) in [7, 11) is 0. The molecule has 0 unspecified atom stereocenters. The van der Waals surface area contributed by atoms with Crippen LogP contribution >= 0.6 is 0 Å². The normalized spacial score (nSPS) is 10.4. The Kier molecular flexibility index (Phi) is 2.29. The molecule has 0 saturated heterocycles. The molecule has 1 heterocycles. The number of hydrogen-bond donors (Lipinski definition) is 1. The van der Waals surface area contributed by atoms with Gasteiger partial charge in [0.15, 0.2) is 0 Å². The quantitative estimate of drug-likeness (QED) is 0.777. The van der Waals surface area contributed by atoms with Crippen LogP contribution in [-0.2, 0) is 0 Å². The largest absolute Gasteiger partial charge is 0.326 e. The Labute approximate surface area is 83.1 Å². The number of benzene rings is 1. The van der Waals surface area contributed by atoms with E-state index < -0.39 is 0 Å². The Hall–Kier alpha value is -1.67. The minimum absolute atomic E-state index is 0.480. The minimum Gasteiger partial charge on any atom is -0.326 e. The molecule has 0 aliphatic rings. The van der Waals surface area contributed by atoms with E-state index in [1.165, 1.54) is 0 Å². The van der Waals surface area contributed by atoms with Gasteiger partial charge in [0.05, 0.1) is 5.52 Å². The number of nitrogens with two attached hydrogens (primary N) is 1. The molecule has 1 aromatic carbocycles. The first-order valence-corrected chi connectivity index (χ1v) is 4.55. The Morgan fingerprint density at radius 3 is 2.86 bits per heavy atom. The van der Waals surface area contributed by atoms with Crippen molar-refractivity contribution in [2.45, 2.75) is 0 Å². The minimum atomic E-state index is 0.480. The zero-order valence-corrected chi connectivity index (χ0v) is 7.90. The van der Waals surface area contributed by atoms with Gasteiger partial charge in [-0.05, 0) is 23.3 Å². The predicted molar refractivity (Wildman–Crippen MR) is 59.8 cm³/mol. The fourth-order valence-corrected chi connectivity index (χ4v) is 1.51. The molecule has 0 amide bonds. The molecule has 2 heteroatoms. The van der Waals surface area contributed by atoms with E-state index in [-0.39, 0.29) is 0 Å². The van der Waals surface area contributed by atoms with E-state index in [9.17, 15) is 0 Å². The summed E-state index contributed by atoms with van der Waals surface area (Å²) in [4.78, 5) is 4.28. The zero-order valence-electron chi connectivity index (χ0n) is 7.90. The molecule has 14 heavy (non-hydrogen) atoms. The number of hydrogen-bond acceptors (Lipinski definition) is 2. The first kappa shape index (κ1) is 8.91. The van der Waals surface area contributed by atoms with Crippen LogP contribution in [0, 0.1) is 0 Å². The molecule has 2 N–H and O–H groups in total. The average molecular weight is 184 g/mol. The van der Waals surface area contributed by atoms with Crippen LogP contribution in [0.3, 0.4) is 0 Å². The van der Waals surface area contributed by atoms with Gasteiger partial charge in [-0.2, -0.15) is 0 Å². The molecule has 0 bridgehead atoms. The molecule has 2 nitrogen and oxygen atoms in total. The van der Waals surface area contributed by atoms with E-state index in [1.807, 2.05) is 30.3 Å². The molecule has 1 aromatic heterocycles. The monoisotopic (exact) mass is 184 g/mol. The first-order chi connectivity index (χ1) is 6.83. The van der Waals surface area contributed by atoms with Gasteiger partial charge in [0.1, 0.15) is 0 Å². The van der Waals surface area contributed by atoms with Crippen LogP contribution in [0.4, 0.5) is 0 Å². The van der Waals surface area contributed by atoms with Crippen molar-refractivity contribution < 1.29 is 0 Å². The van der Waals surface area contributed by atoms with Crippen LogP contribution in [0.15, 0.2) is 43.1 Å². The van der Waals surface area contributed by atoms with Gasteiger partial charge in [-0.1, -0.05) is 24.8 Å². The average Bonchev–Trinajstić information content (AvgIpc) is 2.27. The van der Waals surface area contributed by atoms with E-state index in [2.05, 4.69) is 11.6 Å². The first-order valence-electron chi connectivity index (χ1n) is 4.55. The van der Waals surface area contributed by atoms with Gasteiger partial charge in [0.25, 0.3) is 0 Å². The molecule has 2 aromatic rings. The van der Waals surface area contributed by atoms with Crippen LogP contribution in [0.5, 0.6) is 0 Å². The summed E-state index contributed by atoms with van der Waals surface area (Å²) < 4.78 is 0. The number of fused-ring (bicyclic) bond motifs is 1. The highest BCUT2D eigenvalue weighted by Gasteiger charge is 2.02. The van der Waals surface area contributed by atoms with Crippen LogP contribution in [0.2, 0.25) is 0 Å². The highest BCUT2D eigenvalue weighted by molar-refractivity contribution is 5.91. The third-order valence-electron chi connectivity index (χ3n) is 2.28. The Morgan fingerprint density at radius 1 is 1.29 bits per heavy atom. The van der Waals surface area contributed by atoms with Gasteiger partial charge in [0.2, 0.25) is 0 Å². The van der Waals surface area contributed by atoms with Crippen molar-refractivity contribution in [3.63, 3.8) is 0 Å². The maximum atomic E-state index is 5.58. The molecule has 0 spiro atoms. The van der Waals surface area contributed by atoms with Crippen LogP contribution < -0.4 is 5.73 Å². The van der Waals surface area contributed by atoms with Crippen molar-refractivity contribution in [1.82, 2.24) is 4.98 Å². The van der Waals surface area contributed by atoms with E-state index in [4.69, 9.17) is 5.73 Å². The summed E-state index contributed by atoms with van der Waals surface area (Å²) in [6, 6.07) is 9.96. The fraction of sp³-hybridized carbons (Fsp3) is 0.0833. The molecule has 0 aliphatic carbocycles. The lowest BCUT2D eigenvalue weighted by molar-refractivity contribution is 1.27. The second-order valence-electron chi connectivity index (χ2n) is 3.18. The lowest BCUT2D eigenvalue weighted by Gasteiger charge is -2.06. The van der Waals surface area contributed by atoms with Gasteiger partial charge in [-0.25, -0.2) is 0 Å². The van der Waals surface area contributed by atoms with Crippen molar-refractivity contribution in [3.8, 4) is 0 Å². The van der Waals surface area contributed by atoms with E-state index in [1.54, 1.807) is 6.20 Å². The molecule has 0 atom stereocenters. The van der Waals surface area contributed by atoms with Crippen LogP contribution in [0.25, 0.3) is 16.5 Å². The zero-order chi connectivity index (χ0) is 9.97. The summed E-state index contributed by atoms with van der Waals surface area (Å²) in [5.74, 6) is 0. The van der Waals surface area contributed by atoms with Crippen LogP contribution in [-0.4, -0.2) is 11.5 Å². The van der Waals surface area contributed by atoms with Crippen molar-refractivity contribution in [1.29, 1.82) is 0 Å². The Morgan fingerprint density at radius 2 is 2.07 bits per heavy atom. The van der Waals surface area contributed by atoms with E-state index in [0.29, 0.717) is 6.54 Å². The molecular formula is C12H12N2. The summed E-state index contributed by atoms with van der Waals surface area (Å²) in [6.45, 7) is 4.42. The summed E-state index contributed by atoms with van der Waals surface area (Å²) in [6.07, 6.45) is 1.79. The molecule has 2 rings (SSSR count). The number of nitrogens with zero attached hydrogens (tertiary/aromatic N) is 1. The van der Waals surface area contributed by atoms with Crippen molar-refractivity contribution in [2.24, 2.45) is 5.73 Å². The lowest BCUT2D eigenvalue weighted by atomic mass is 10.0. The van der Waals surface area contributed by atoms with Crippen molar-refractivity contribution >= 4 is 16.5 Å². The highest BCUT2D eigenvalue weighted by Crippen LogP contribution is 2.21. The van der Waals surface area contributed by atoms with E-state index in [0.717, 1.165) is 22.0 Å². The fourth-order valence-electron chi connectivity index (χ4n) is 1.51. The number of rotatable bonds is 2. The number of aromatic nitrogens is 1. The summed E-state index contributed by atoms with van der Waals surface area (Å²) in [5, 5.41) is 1.12. The SMILES string of the molecule is C=C(CN)c1ccnc2ccccc12. The van der Waals surface area contributed by atoms with E-state index >= 15 is 0 Å². The second kappa shape index (κ2) is 3.60. The Balaban J connectivity index is 2.71. The number of para-hydroxylation sites is 1. The number of pyridine rings is 1. The summed E-state index contributed by atoms with van der Waals surface area (Å²) in [5.41, 5.74) is 8.60. The van der Waals surface area contributed by atoms with Gasteiger partial charge in [-0.3, -0.25) is 4.98 Å². The van der Waals surface area contributed by atoms with Gasteiger partial charge >= 0.3 is 0 Å². The molecule has 70 valence electrons. The highest BCUT2D eigenvalue weighted by atomic mass is 14.6. The third-order valence-corrected chi connectivity index (χ3v) is 2.28. The molecule has 0 radical (unpaired) electrons.